The zero-order valence-corrected chi connectivity index (χ0v) is 17.6. The van der Waals surface area contributed by atoms with Crippen molar-refractivity contribution in [3.05, 3.63) is 66.0 Å². The number of nitrogens with one attached hydrogen (secondary N) is 1. The molecule has 4 rings (SSSR count). The van der Waals surface area contributed by atoms with Gasteiger partial charge < -0.3 is 10.1 Å². The lowest BCUT2D eigenvalue weighted by molar-refractivity contribution is -0.137. The van der Waals surface area contributed by atoms with Crippen LogP contribution in [0.3, 0.4) is 0 Å². The minimum Gasteiger partial charge on any atom is -0.496 e. The van der Waals surface area contributed by atoms with E-state index in [1.807, 2.05) is 30.3 Å². The Balaban J connectivity index is 1.69. The summed E-state index contributed by atoms with van der Waals surface area (Å²) in [5.41, 5.74) is 0.155. The van der Waals surface area contributed by atoms with Crippen molar-refractivity contribution >= 4 is 23.6 Å². The van der Waals surface area contributed by atoms with E-state index in [1.54, 1.807) is 13.2 Å². The van der Waals surface area contributed by atoms with E-state index in [0.717, 1.165) is 31.2 Å². The van der Waals surface area contributed by atoms with Crippen LogP contribution < -0.4 is 15.0 Å². The van der Waals surface area contributed by atoms with E-state index in [0.29, 0.717) is 11.4 Å². The van der Waals surface area contributed by atoms with Crippen LogP contribution in [0.5, 0.6) is 5.75 Å². The first-order valence-corrected chi connectivity index (χ1v) is 10.8. The summed E-state index contributed by atoms with van der Waals surface area (Å²) in [5, 5.41) is 3.17. The van der Waals surface area contributed by atoms with E-state index in [-0.39, 0.29) is 24.3 Å². The summed E-state index contributed by atoms with van der Waals surface area (Å²) in [6, 6.07) is 13.3. The van der Waals surface area contributed by atoms with Crippen molar-refractivity contribution in [1.29, 1.82) is 0 Å². The van der Waals surface area contributed by atoms with Crippen molar-refractivity contribution in [3.8, 4) is 5.75 Å². The van der Waals surface area contributed by atoms with E-state index in [2.05, 4.69) is 5.32 Å². The van der Waals surface area contributed by atoms with Gasteiger partial charge >= 0.3 is 0 Å². The molecule has 1 saturated heterocycles. The number of hydrogen-bond acceptors (Lipinski definition) is 3. The summed E-state index contributed by atoms with van der Waals surface area (Å²) in [6.07, 6.45) is 8.92. The van der Waals surface area contributed by atoms with Gasteiger partial charge in [0.1, 0.15) is 11.6 Å². The summed E-state index contributed by atoms with van der Waals surface area (Å²) in [7, 11) is 1.59. The number of hydrogen-bond donors (Lipinski definition) is 1. The second-order valence-electron chi connectivity index (χ2n) is 8.19. The molecule has 1 saturated carbocycles. The van der Waals surface area contributed by atoms with Crippen LogP contribution in [0.15, 0.2) is 54.6 Å². The number of carbonyl (C=O) groups excluding carboxylic acids is 2. The van der Waals surface area contributed by atoms with Crippen molar-refractivity contribution in [2.75, 3.05) is 12.0 Å². The maximum absolute atomic E-state index is 13.5. The molecule has 2 aromatic rings. The first-order chi connectivity index (χ1) is 15.0. The molecular formula is C25H27FN2O3. The standard InChI is InChI=1S/C25H27FN2O3/c1-31-22-10-6-5-7-18(22)15-16-25(24(30)27-20-8-3-2-4-9-20)17-23(29)28(25)21-13-11-19(26)12-14-21/h5-7,10-16,20H,2-4,8-9,17H2,1H3,(H,27,30). The number of β-lactam (4-membered cyclic amide) rings is 1. The van der Waals surface area contributed by atoms with Gasteiger partial charge in [0.15, 0.2) is 5.54 Å². The summed E-state index contributed by atoms with van der Waals surface area (Å²) in [6.45, 7) is 0. The van der Waals surface area contributed by atoms with Gasteiger partial charge in [0.2, 0.25) is 5.91 Å². The first-order valence-electron chi connectivity index (χ1n) is 10.8. The minimum atomic E-state index is -1.16. The van der Waals surface area contributed by atoms with Crippen molar-refractivity contribution < 1.29 is 18.7 Å². The molecule has 5 nitrogen and oxygen atoms in total. The van der Waals surface area contributed by atoms with Gasteiger partial charge in [-0.2, -0.15) is 0 Å². The fourth-order valence-corrected chi connectivity index (χ4v) is 4.46. The molecule has 0 radical (unpaired) electrons. The molecule has 2 aromatic carbocycles. The van der Waals surface area contributed by atoms with Crippen LogP contribution in [0.1, 0.15) is 44.1 Å². The van der Waals surface area contributed by atoms with E-state index < -0.39 is 11.4 Å². The van der Waals surface area contributed by atoms with Crippen LogP contribution in [-0.2, 0) is 9.59 Å². The van der Waals surface area contributed by atoms with Crippen molar-refractivity contribution in [2.24, 2.45) is 0 Å². The predicted molar refractivity (Wildman–Crippen MR) is 118 cm³/mol. The van der Waals surface area contributed by atoms with Crippen LogP contribution in [0.4, 0.5) is 10.1 Å². The Bertz CT molecular complexity index is 983. The third-order valence-corrected chi connectivity index (χ3v) is 6.17. The number of nitrogens with zero attached hydrogens (tertiary/aromatic N) is 1. The van der Waals surface area contributed by atoms with Crippen LogP contribution in [0.2, 0.25) is 0 Å². The van der Waals surface area contributed by atoms with Crippen LogP contribution in [-0.4, -0.2) is 30.5 Å². The predicted octanol–water partition coefficient (Wildman–Crippen LogP) is 4.47. The summed E-state index contributed by atoms with van der Waals surface area (Å²) < 4.78 is 18.9. The molecule has 31 heavy (non-hydrogen) atoms. The fraction of sp³-hybridized carbons (Fsp3) is 0.360. The SMILES string of the molecule is COc1ccccc1C=CC1(C(=O)NC2CCCCC2)CC(=O)N1c1ccc(F)cc1. The zero-order chi connectivity index (χ0) is 21.8. The molecule has 6 heteroatoms. The largest absolute Gasteiger partial charge is 0.496 e. The van der Waals surface area contributed by atoms with E-state index in [1.165, 1.54) is 35.6 Å². The normalized spacial score (nSPS) is 21.7. The fourth-order valence-electron chi connectivity index (χ4n) is 4.46. The maximum Gasteiger partial charge on any atom is 0.251 e. The summed E-state index contributed by atoms with van der Waals surface area (Å²) in [5.74, 6) is -0.0799. The molecule has 1 unspecified atom stereocenters. The number of rotatable bonds is 6. The molecular weight excluding hydrogens is 395 g/mol. The Morgan fingerprint density at radius 2 is 1.84 bits per heavy atom. The van der Waals surface area contributed by atoms with E-state index >= 15 is 0 Å². The van der Waals surface area contributed by atoms with Crippen LogP contribution in [0, 0.1) is 5.82 Å². The molecule has 2 fully saturated rings. The quantitative estimate of drug-likeness (QED) is 0.699. The van der Waals surface area contributed by atoms with Crippen LogP contribution >= 0.6 is 0 Å². The number of halogens is 1. The highest BCUT2D eigenvalue weighted by molar-refractivity contribution is 6.15. The lowest BCUT2D eigenvalue weighted by atomic mass is 9.80. The van der Waals surface area contributed by atoms with Crippen molar-refractivity contribution in [3.63, 3.8) is 0 Å². The number of ether oxygens (including phenoxy) is 1. The third-order valence-electron chi connectivity index (χ3n) is 6.17. The number of methoxy groups -OCH3 is 1. The highest BCUT2D eigenvalue weighted by atomic mass is 19.1. The number of amides is 2. The number of benzene rings is 2. The van der Waals surface area contributed by atoms with E-state index in [4.69, 9.17) is 4.74 Å². The number of carbonyl (C=O) groups is 2. The number of anilines is 1. The topological polar surface area (TPSA) is 58.6 Å². The van der Waals surface area contributed by atoms with E-state index in [9.17, 15) is 14.0 Å². The van der Waals surface area contributed by atoms with Crippen molar-refractivity contribution in [2.45, 2.75) is 50.1 Å². The summed E-state index contributed by atoms with van der Waals surface area (Å²) >= 11 is 0. The van der Waals surface area contributed by atoms with Gasteiger partial charge in [0, 0.05) is 17.3 Å². The smallest absolute Gasteiger partial charge is 0.251 e. The average molecular weight is 423 g/mol. The highest BCUT2D eigenvalue weighted by Gasteiger charge is 2.56. The molecule has 1 heterocycles. The van der Waals surface area contributed by atoms with Gasteiger partial charge in [-0.05, 0) is 49.2 Å². The summed E-state index contributed by atoms with van der Waals surface area (Å²) in [4.78, 5) is 27.7. The Labute approximate surface area is 181 Å². The molecule has 0 aromatic heterocycles. The van der Waals surface area contributed by atoms with Crippen LogP contribution in [0.25, 0.3) is 6.08 Å². The van der Waals surface area contributed by atoms with Crippen molar-refractivity contribution in [1.82, 2.24) is 5.32 Å². The molecule has 0 bridgehead atoms. The lowest BCUT2D eigenvalue weighted by Gasteiger charge is -2.49. The first kappa shape index (κ1) is 21.1. The second-order valence-corrected chi connectivity index (χ2v) is 8.19. The Morgan fingerprint density at radius 3 is 2.52 bits per heavy atom. The number of para-hydroxylation sites is 1. The van der Waals surface area contributed by atoms with Gasteiger partial charge in [-0.3, -0.25) is 14.5 Å². The van der Waals surface area contributed by atoms with Gasteiger partial charge in [0.25, 0.3) is 5.91 Å². The Kier molecular flexibility index (Phi) is 6.07. The zero-order valence-electron chi connectivity index (χ0n) is 17.6. The Morgan fingerprint density at radius 1 is 1.13 bits per heavy atom. The molecule has 1 aliphatic carbocycles. The molecule has 0 spiro atoms. The minimum absolute atomic E-state index is 0.0641. The molecule has 1 aliphatic heterocycles. The molecule has 1 N–H and O–H groups in total. The monoisotopic (exact) mass is 422 g/mol. The highest BCUT2D eigenvalue weighted by Crippen LogP contribution is 2.40. The second kappa shape index (κ2) is 8.92. The molecule has 1 atom stereocenters. The van der Waals surface area contributed by atoms with Gasteiger partial charge in [-0.25, -0.2) is 4.39 Å². The molecule has 2 amide bonds. The third kappa shape index (κ3) is 4.20. The van der Waals surface area contributed by atoms with Gasteiger partial charge in [0.05, 0.1) is 13.5 Å². The average Bonchev–Trinajstić information content (AvgIpc) is 2.78. The molecule has 2 aliphatic rings. The van der Waals surface area contributed by atoms with Gasteiger partial charge in [-0.15, -0.1) is 0 Å². The Hall–Kier alpha value is -3.15. The maximum atomic E-state index is 13.5. The molecule has 162 valence electrons. The lowest BCUT2D eigenvalue weighted by Crippen LogP contribution is -2.70. The van der Waals surface area contributed by atoms with Gasteiger partial charge in [-0.1, -0.05) is 43.5 Å².